The number of anilines is 3. The number of hydrogen-bond acceptors (Lipinski definition) is 3. The molecule has 0 aliphatic carbocycles. The first-order valence-corrected chi connectivity index (χ1v) is 9.10. The van der Waals surface area contributed by atoms with Gasteiger partial charge in [0.2, 0.25) is 5.91 Å². The van der Waals surface area contributed by atoms with E-state index in [0.717, 1.165) is 47.7 Å². The Bertz CT molecular complexity index is 728. The first-order chi connectivity index (χ1) is 11.7. The molecule has 0 bridgehead atoms. The summed E-state index contributed by atoms with van der Waals surface area (Å²) in [5.74, 6) is 0.187. The summed E-state index contributed by atoms with van der Waals surface area (Å²) in [6.07, 6.45) is 3.30. The van der Waals surface area contributed by atoms with Crippen molar-refractivity contribution < 1.29 is 9.59 Å². The lowest BCUT2D eigenvalue weighted by molar-refractivity contribution is -0.118. The third-order valence-electron chi connectivity index (χ3n) is 4.03. The summed E-state index contributed by atoms with van der Waals surface area (Å²) in [7, 11) is 0. The van der Waals surface area contributed by atoms with Gasteiger partial charge < -0.3 is 10.2 Å². The SMILES string of the molecule is CCCCN1C(=O)CCc2cc(NC(=O)Nc3cccs3)ccc21. The van der Waals surface area contributed by atoms with Gasteiger partial charge in [0, 0.05) is 24.3 Å². The molecule has 0 unspecified atom stereocenters. The van der Waals surface area contributed by atoms with Gasteiger partial charge in [0.15, 0.2) is 0 Å². The molecule has 1 aromatic carbocycles. The Hall–Kier alpha value is -2.34. The number of benzene rings is 1. The van der Waals surface area contributed by atoms with Crippen molar-refractivity contribution in [3.05, 3.63) is 41.3 Å². The zero-order valence-electron chi connectivity index (χ0n) is 13.7. The minimum absolute atomic E-state index is 0.187. The summed E-state index contributed by atoms with van der Waals surface area (Å²) >= 11 is 1.48. The van der Waals surface area contributed by atoms with E-state index in [0.29, 0.717) is 6.42 Å². The highest BCUT2D eigenvalue weighted by Gasteiger charge is 2.23. The average molecular weight is 343 g/mol. The fraction of sp³-hybridized carbons (Fsp3) is 0.333. The predicted octanol–water partition coefficient (Wildman–Crippen LogP) is 4.47. The highest BCUT2D eigenvalue weighted by molar-refractivity contribution is 7.14. The molecule has 126 valence electrons. The van der Waals surface area contributed by atoms with Gasteiger partial charge in [-0.2, -0.15) is 0 Å². The highest BCUT2D eigenvalue weighted by atomic mass is 32.1. The molecule has 1 aliphatic heterocycles. The normalized spacial score (nSPS) is 13.5. The third kappa shape index (κ3) is 3.76. The number of carbonyl (C=O) groups is 2. The molecule has 0 saturated heterocycles. The van der Waals surface area contributed by atoms with E-state index in [1.807, 2.05) is 40.6 Å². The van der Waals surface area contributed by atoms with Crippen LogP contribution in [0.2, 0.25) is 0 Å². The van der Waals surface area contributed by atoms with Crippen LogP contribution in [0.15, 0.2) is 35.7 Å². The molecule has 3 amide bonds. The maximum atomic E-state index is 12.2. The molecular formula is C18H21N3O2S. The Morgan fingerprint density at radius 1 is 1.25 bits per heavy atom. The number of unbranched alkanes of at least 4 members (excludes halogenated alkanes) is 1. The Morgan fingerprint density at radius 3 is 2.88 bits per heavy atom. The summed E-state index contributed by atoms with van der Waals surface area (Å²) in [6.45, 7) is 2.88. The monoisotopic (exact) mass is 343 g/mol. The molecule has 2 aromatic rings. The molecule has 0 fully saturated rings. The summed E-state index contributed by atoms with van der Waals surface area (Å²) < 4.78 is 0. The molecule has 0 radical (unpaired) electrons. The molecule has 1 aliphatic rings. The number of aryl methyl sites for hydroxylation is 1. The first-order valence-electron chi connectivity index (χ1n) is 8.22. The molecule has 6 heteroatoms. The van der Waals surface area contributed by atoms with Gasteiger partial charge in [0.1, 0.15) is 0 Å². The van der Waals surface area contributed by atoms with Gasteiger partial charge in [-0.05, 0) is 54.1 Å². The molecule has 5 nitrogen and oxygen atoms in total. The fourth-order valence-corrected chi connectivity index (χ4v) is 3.44. The lowest BCUT2D eigenvalue weighted by Crippen LogP contribution is -2.35. The lowest BCUT2D eigenvalue weighted by Gasteiger charge is -2.29. The molecule has 2 heterocycles. The van der Waals surface area contributed by atoms with Crippen molar-refractivity contribution in [1.82, 2.24) is 0 Å². The van der Waals surface area contributed by atoms with Gasteiger partial charge in [-0.3, -0.25) is 10.1 Å². The van der Waals surface area contributed by atoms with Crippen LogP contribution in [0.1, 0.15) is 31.7 Å². The maximum Gasteiger partial charge on any atom is 0.324 e. The molecular weight excluding hydrogens is 322 g/mol. The van der Waals surface area contributed by atoms with E-state index in [-0.39, 0.29) is 11.9 Å². The highest BCUT2D eigenvalue weighted by Crippen LogP contribution is 2.30. The fourth-order valence-electron chi connectivity index (χ4n) is 2.82. The van der Waals surface area contributed by atoms with E-state index in [2.05, 4.69) is 17.6 Å². The second kappa shape index (κ2) is 7.49. The number of carbonyl (C=O) groups excluding carboxylic acids is 2. The molecule has 0 spiro atoms. The lowest BCUT2D eigenvalue weighted by atomic mass is 10.00. The molecule has 0 saturated carbocycles. The van der Waals surface area contributed by atoms with Gasteiger partial charge in [-0.25, -0.2) is 4.79 Å². The quantitative estimate of drug-likeness (QED) is 0.841. The maximum absolute atomic E-state index is 12.2. The Balaban J connectivity index is 1.71. The van der Waals surface area contributed by atoms with Gasteiger partial charge in [-0.1, -0.05) is 13.3 Å². The van der Waals surface area contributed by atoms with Crippen molar-refractivity contribution >= 4 is 39.7 Å². The van der Waals surface area contributed by atoms with Crippen LogP contribution in [0.4, 0.5) is 21.2 Å². The topological polar surface area (TPSA) is 61.4 Å². The van der Waals surface area contributed by atoms with Crippen molar-refractivity contribution in [3.63, 3.8) is 0 Å². The van der Waals surface area contributed by atoms with Crippen LogP contribution in [0.25, 0.3) is 0 Å². The number of rotatable bonds is 5. The number of hydrogen-bond donors (Lipinski definition) is 2. The zero-order chi connectivity index (χ0) is 16.9. The Morgan fingerprint density at radius 2 is 2.12 bits per heavy atom. The summed E-state index contributed by atoms with van der Waals surface area (Å²) in [5.41, 5.74) is 2.83. The minimum Gasteiger partial charge on any atom is -0.312 e. The van der Waals surface area contributed by atoms with Crippen molar-refractivity contribution in [3.8, 4) is 0 Å². The molecule has 0 atom stereocenters. The Kier molecular flexibility index (Phi) is 5.15. The predicted molar refractivity (Wildman–Crippen MR) is 99.0 cm³/mol. The van der Waals surface area contributed by atoms with E-state index in [1.54, 1.807) is 0 Å². The van der Waals surface area contributed by atoms with Crippen LogP contribution in [-0.4, -0.2) is 18.5 Å². The van der Waals surface area contributed by atoms with Gasteiger partial charge in [-0.15, -0.1) is 11.3 Å². The van der Waals surface area contributed by atoms with Crippen LogP contribution in [0, 0.1) is 0 Å². The first kappa shape index (κ1) is 16.5. The Labute approximate surface area is 145 Å². The van der Waals surface area contributed by atoms with Gasteiger partial charge >= 0.3 is 6.03 Å². The minimum atomic E-state index is -0.257. The van der Waals surface area contributed by atoms with Crippen molar-refractivity contribution in [2.24, 2.45) is 0 Å². The van der Waals surface area contributed by atoms with Crippen molar-refractivity contribution in [2.45, 2.75) is 32.6 Å². The third-order valence-corrected chi connectivity index (χ3v) is 4.82. The second-order valence-electron chi connectivity index (χ2n) is 5.80. The van der Waals surface area contributed by atoms with E-state index in [1.165, 1.54) is 11.3 Å². The zero-order valence-corrected chi connectivity index (χ0v) is 14.5. The van der Waals surface area contributed by atoms with Crippen LogP contribution < -0.4 is 15.5 Å². The standard InChI is InChI=1S/C18H21N3O2S/c1-2-3-10-21-15-8-7-14(12-13(15)6-9-17(21)22)19-18(23)20-16-5-4-11-24-16/h4-5,7-8,11-12H,2-3,6,9-10H2,1H3,(H2,19,20,23). The second-order valence-corrected chi connectivity index (χ2v) is 6.75. The van der Waals surface area contributed by atoms with E-state index in [9.17, 15) is 9.59 Å². The van der Waals surface area contributed by atoms with Crippen LogP contribution in [0.5, 0.6) is 0 Å². The molecule has 1 aromatic heterocycles. The molecule has 2 N–H and O–H groups in total. The van der Waals surface area contributed by atoms with E-state index < -0.39 is 0 Å². The number of fused-ring (bicyclic) bond motifs is 1. The average Bonchev–Trinajstić information content (AvgIpc) is 3.07. The van der Waals surface area contributed by atoms with Crippen LogP contribution >= 0.6 is 11.3 Å². The number of thiophene rings is 1. The summed E-state index contributed by atoms with van der Waals surface area (Å²) in [4.78, 5) is 26.0. The van der Waals surface area contributed by atoms with E-state index >= 15 is 0 Å². The molecule has 24 heavy (non-hydrogen) atoms. The largest absolute Gasteiger partial charge is 0.324 e. The van der Waals surface area contributed by atoms with Crippen LogP contribution in [-0.2, 0) is 11.2 Å². The van der Waals surface area contributed by atoms with E-state index in [4.69, 9.17) is 0 Å². The smallest absolute Gasteiger partial charge is 0.312 e. The number of amides is 3. The molecule has 3 rings (SSSR count). The summed E-state index contributed by atoms with van der Waals surface area (Å²) in [5, 5.41) is 8.37. The van der Waals surface area contributed by atoms with Crippen molar-refractivity contribution in [1.29, 1.82) is 0 Å². The van der Waals surface area contributed by atoms with Crippen LogP contribution in [0.3, 0.4) is 0 Å². The number of nitrogens with one attached hydrogen (secondary N) is 2. The van der Waals surface area contributed by atoms with Gasteiger partial charge in [0.25, 0.3) is 0 Å². The number of urea groups is 1. The number of nitrogens with zero attached hydrogens (tertiary/aromatic N) is 1. The summed E-state index contributed by atoms with van der Waals surface area (Å²) in [6, 6.07) is 9.24. The van der Waals surface area contributed by atoms with Crippen molar-refractivity contribution in [2.75, 3.05) is 22.1 Å². The van der Waals surface area contributed by atoms with Gasteiger partial charge in [0.05, 0.1) is 5.00 Å².